The zero-order chi connectivity index (χ0) is 30.9. The van der Waals surface area contributed by atoms with Crippen molar-refractivity contribution in [3.05, 3.63) is 77.6 Å². The fourth-order valence-electron chi connectivity index (χ4n) is 4.08. The molecule has 3 aromatic carbocycles. The van der Waals surface area contributed by atoms with Gasteiger partial charge < -0.3 is 24.3 Å². The molecule has 224 valence electrons. The predicted molar refractivity (Wildman–Crippen MR) is 156 cm³/mol. The van der Waals surface area contributed by atoms with Gasteiger partial charge in [0.05, 0.1) is 31.7 Å². The summed E-state index contributed by atoms with van der Waals surface area (Å²) in [6.07, 6.45) is 2.08. The Labute approximate surface area is 247 Å². The first-order chi connectivity index (χ1) is 20.7. The van der Waals surface area contributed by atoms with Crippen LogP contribution in [-0.4, -0.2) is 50.7 Å². The van der Waals surface area contributed by atoms with Crippen molar-refractivity contribution in [2.45, 2.75) is 20.3 Å². The standard InChI is InChI=1S/C31H30FN3O8/c1-4-14-42-24-13-11-20(17-26(24)40-3)35-30(38)21(29(37)34-31(35)39)15-19-10-12-25(27(16-19)41-5-2)43-18-28(36)33-23-9-7-6-8-22(23)32/h6-13,15-17H,4-5,14,18H2,1-3H3,(H,33,36)(H,34,37,39)/b21-15-. The van der Waals surface area contributed by atoms with Crippen LogP contribution < -0.4 is 34.5 Å². The van der Waals surface area contributed by atoms with Gasteiger partial charge in [0, 0.05) is 6.07 Å². The fraction of sp³-hybridized carbons (Fsp3) is 0.226. The highest BCUT2D eigenvalue weighted by Crippen LogP contribution is 2.34. The average molecular weight is 592 g/mol. The second-order valence-electron chi connectivity index (χ2n) is 9.10. The molecule has 12 heteroatoms. The Morgan fingerprint density at radius 1 is 0.930 bits per heavy atom. The summed E-state index contributed by atoms with van der Waals surface area (Å²) in [6.45, 7) is 3.97. The Bertz CT molecular complexity index is 1570. The number of ether oxygens (including phenoxy) is 4. The number of carbonyl (C=O) groups is 4. The minimum absolute atomic E-state index is 0.0188. The van der Waals surface area contributed by atoms with E-state index in [1.807, 2.05) is 6.92 Å². The molecule has 2 N–H and O–H groups in total. The van der Waals surface area contributed by atoms with E-state index in [2.05, 4.69) is 10.6 Å². The lowest BCUT2D eigenvalue weighted by molar-refractivity contribution is -0.122. The molecule has 0 saturated carbocycles. The minimum Gasteiger partial charge on any atom is -0.493 e. The molecule has 0 aliphatic carbocycles. The molecule has 0 unspecified atom stereocenters. The lowest BCUT2D eigenvalue weighted by Gasteiger charge is -2.27. The van der Waals surface area contributed by atoms with Crippen LogP contribution in [0.5, 0.6) is 23.0 Å². The number of nitrogens with zero attached hydrogens (tertiary/aromatic N) is 1. The third-order valence-electron chi connectivity index (χ3n) is 6.05. The molecule has 1 fully saturated rings. The van der Waals surface area contributed by atoms with Crippen LogP contribution in [0, 0.1) is 5.82 Å². The molecule has 11 nitrogen and oxygen atoms in total. The Kier molecular flexibility index (Phi) is 9.94. The van der Waals surface area contributed by atoms with Gasteiger partial charge in [0.2, 0.25) is 0 Å². The number of halogens is 1. The van der Waals surface area contributed by atoms with Crippen molar-refractivity contribution in [2.75, 3.05) is 37.1 Å². The number of urea groups is 1. The third-order valence-corrected chi connectivity index (χ3v) is 6.05. The number of carbonyl (C=O) groups excluding carboxylic acids is 4. The van der Waals surface area contributed by atoms with E-state index in [4.69, 9.17) is 18.9 Å². The van der Waals surface area contributed by atoms with Crippen LogP contribution in [0.25, 0.3) is 6.08 Å². The summed E-state index contributed by atoms with van der Waals surface area (Å²) in [4.78, 5) is 51.9. The van der Waals surface area contributed by atoms with Crippen molar-refractivity contribution in [1.29, 1.82) is 0 Å². The number of amides is 5. The van der Waals surface area contributed by atoms with Crippen LogP contribution in [0.4, 0.5) is 20.6 Å². The Balaban J connectivity index is 1.55. The van der Waals surface area contributed by atoms with E-state index in [9.17, 15) is 23.6 Å². The average Bonchev–Trinajstić information content (AvgIpc) is 2.99. The maximum Gasteiger partial charge on any atom is 0.335 e. The molecule has 1 saturated heterocycles. The number of hydrogen-bond donors (Lipinski definition) is 2. The second kappa shape index (κ2) is 14.0. The van der Waals surface area contributed by atoms with Crippen molar-refractivity contribution >= 4 is 41.2 Å². The number of para-hydroxylation sites is 1. The van der Waals surface area contributed by atoms with Crippen LogP contribution in [0.1, 0.15) is 25.8 Å². The molecule has 1 aliphatic heterocycles. The zero-order valence-electron chi connectivity index (χ0n) is 23.8. The molecule has 43 heavy (non-hydrogen) atoms. The quantitative estimate of drug-likeness (QED) is 0.229. The van der Waals surface area contributed by atoms with Crippen LogP contribution in [0.2, 0.25) is 0 Å². The van der Waals surface area contributed by atoms with Gasteiger partial charge in [0.1, 0.15) is 11.4 Å². The molecule has 0 aromatic heterocycles. The van der Waals surface area contributed by atoms with Gasteiger partial charge in [-0.2, -0.15) is 0 Å². The summed E-state index contributed by atoms with van der Waals surface area (Å²) in [6, 6.07) is 13.9. The molecule has 0 atom stereocenters. The topological polar surface area (TPSA) is 132 Å². The van der Waals surface area contributed by atoms with Crippen molar-refractivity contribution in [2.24, 2.45) is 0 Å². The van der Waals surface area contributed by atoms with Gasteiger partial charge in [-0.05, 0) is 61.4 Å². The number of imide groups is 2. The van der Waals surface area contributed by atoms with Gasteiger partial charge in [-0.25, -0.2) is 14.1 Å². The highest BCUT2D eigenvalue weighted by molar-refractivity contribution is 6.39. The molecule has 0 spiro atoms. The summed E-state index contributed by atoms with van der Waals surface area (Å²) >= 11 is 0. The Morgan fingerprint density at radius 2 is 1.67 bits per heavy atom. The van der Waals surface area contributed by atoms with Crippen LogP contribution in [-0.2, 0) is 14.4 Å². The van der Waals surface area contributed by atoms with Gasteiger partial charge in [-0.1, -0.05) is 25.1 Å². The molecular weight excluding hydrogens is 561 g/mol. The molecule has 1 heterocycles. The number of methoxy groups -OCH3 is 1. The van der Waals surface area contributed by atoms with E-state index in [0.29, 0.717) is 23.7 Å². The maximum atomic E-state index is 13.8. The van der Waals surface area contributed by atoms with Crippen LogP contribution >= 0.6 is 0 Å². The van der Waals surface area contributed by atoms with Crippen LogP contribution in [0.3, 0.4) is 0 Å². The molecule has 1 aliphatic rings. The largest absolute Gasteiger partial charge is 0.493 e. The number of nitrogens with one attached hydrogen (secondary N) is 2. The molecule has 5 amide bonds. The van der Waals surface area contributed by atoms with Crippen molar-refractivity contribution in [3.63, 3.8) is 0 Å². The Morgan fingerprint density at radius 3 is 2.40 bits per heavy atom. The van der Waals surface area contributed by atoms with Gasteiger partial charge in [0.25, 0.3) is 17.7 Å². The fourth-order valence-corrected chi connectivity index (χ4v) is 4.08. The molecule has 4 rings (SSSR count). The lowest BCUT2D eigenvalue weighted by Crippen LogP contribution is -2.54. The van der Waals surface area contributed by atoms with E-state index in [1.54, 1.807) is 25.1 Å². The first-order valence-corrected chi connectivity index (χ1v) is 13.4. The maximum absolute atomic E-state index is 13.8. The van der Waals surface area contributed by atoms with E-state index in [-0.39, 0.29) is 35.1 Å². The predicted octanol–water partition coefficient (Wildman–Crippen LogP) is 4.71. The number of anilines is 2. The normalized spacial score (nSPS) is 13.9. The monoisotopic (exact) mass is 591 g/mol. The van der Waals surface area contributed by atoms with E-state index in [0.717, 1.165) is 11.3 Å². The van der Waals surface area contributed by atoms with Crippen molar-refractivity contribution < 1.29 is 42.5 Å². The van der Waals surface area contributed by atoms with Crippen molar-refractivity contribution in [1.82, 2.24) is 5.32 Å². The number of benzene rings is 3. The SMILES string of the molecule is CCCOc1ccc(N2C(=O)NC(=O)/C(=C/c3ccc(OCC(=O)Nc4ccccc4F)c(OCC)c3)C2=O)cc1OC. The summed E-state index contributed by atoms with van der Waals surface area (Å²) < 4.78 is 36.1. The number of barbiturate groups is 1. The summed E-state index contributed by atoms with van der Waals surface area (Å²) in [7, 11) is 1.43. The summed E-state index contributed by atoms with van der Waals surface area (Å²) in [5.74, 6) is -1.68. The zero-order valence-corrected chi connectivity index (χ0v) is 23.8. The van der Waals surface area contributed by atoms with Crippen molar-refractivity contribution in [3.8, 4) is 23.0 Å². The summed E-state index contributed by atoms with van der Waals surface area (Å²) in [5, 5.41) is 4.61. The second-order valence-corrected chi connectivity index (χ2v) is 9.10. The molecule has 3 aromatic rings. The number of hydrogen-bond acceptors (Lipinski definition) is 8. The smallest absolute Gasteiger partial charge is 0.335 e. The molecular formula is C31H30FN3O8. The van der Waals surface area contributed by atoms with E-state index >= 15 is 0 Å². The van der Waals surface area contributed by atoms with Gasteiger partial charge >= 0.3 is 6.03 Å². The highest BCUT2D eigenvalue weighted by atomic mass is 19.1. The lowest BCUT2D eigenvalue weighted by atomic mass is 10.1. The summed E-state index contributed by atoms with van der Waals surface area (Å²) in [5.41, 5.74) is 0.282. The Hall–Kier alpha value is -5.39. The minimum atomic E-state index is -0.913. The first-order valence-electron chi connectivity index (χ1n) is 13.4. The highest BCUT2D eigenvalue weighted by Gasteiger charge is 2.37. The van der Waals surface area contributed by atoms with Crippen LogP contribution in [0.15, 0.2) is 66.2 Å². The third kappa shape index (κ3) is 7.28. The first kappa shape index (κ1) is 30.6. The van der Waals surface area contributed by atoms with Gasteiger partial charge in [-0.3, -0.25) is 19.7 Å². The molecule has 0 bridgehead atoms. The molecule has 0 radical (unpaired) electrons. The number of rotatable bonds is 12. The van der Waals surface area contributed by atoms with E-state index < -0.39 is 36.2 Å². The van der Waals surface area contributed by atoms with E-state index in [1.165, 1.54) is 55.7 Å². The van der Waals surface area contributed by atoms with Gasteiger partial charge in [-0.15, -0.1) is 0 Å². The van der Waals surface area contributed by atoms with Gasteiger partial charge in [0.15, 0.2) is 29.6 Å².